The van der Waals surface area contributed by atoms with Crippen molar-refractivity contribution in [1.29, 1.82) is 0 Å². The van der Waals surface area contributed by atoms with Crippen LogP contribution >= 0.6 is 0 Å². The lowest BCUT2D eigenvalue weighted by Gasteiger charge is -2.39. The zero-order valence-electron chi connectivity index (χ0n) is 20.7. The second kappa shape index (κ2) is 8.93. The summed E-state index contributed by atoms with van der Waals surface area (Å²) in [6, 6.07) is 5.84. The standard InChI is InChI=1S/C25H24F2N8O3S/c1-24(18-4-6-25(13-26,23(28)35-24)39(18,36)37)15-10-14(2-3-16(15)27)33-22-21-17(5-7-31-22)34-20(11-32-21)38-12-19-29-8-9-30-19/h2-3,5,7-11,18H,4,6,12-13H2,1H3,(H2,28,35)(H,29,30)(H,31,33)/t18?,24-,25+/m1/s1. The molecule has 0 amide bonds. The van der Waals surface area contributed by atoms with E-state index in [1.54, 1.807) is 18.5 Å². The molecule has 202 valence electrons. The average Bonchev–Trinajstić information content (AvgIpc) is 3.50. The van der Waals surface area contributed by atoms with Gasteiger partial charge in [-0.1, -0.05) is 0 Å². The van der Waals surface area contributed by atoms with Crippen molar-refractivity contribution < 1.29 is 21.9 Å². The van der Waals surface area contributed by atoms with Crippen molar-refractivity contribution in [2.75, 3.05) is 12.0 Å². The van der Waals surface area contributed by atoms with Gasteiger partial charge in [0, 0.05) is 29.8 Å². The van der Waals surface area contributed by atoms with Crippen LogP contribution in [0.5, 0.6) is 5.88 Å². The molecule has 14 heteroatoms. The lowest BCUT2D eigenvalue weighted by Crippen LogP contribution is -2.58. The Morgan fingerprint density at radius 2 is 2.08 bits per heavy atom. The molecule has 2 bridgehead atoms. The number of hydrogen-bond acceptors (Lipinski definition) is 10. The zero-order valence-corrected chi connectivity index (χ0v) is 21.5. The molecule has 11 nitrogen and oxygen atoms in total. The van der Waals surface area contributed by atoms with Gasteiger partial charge in [0.25, 0.3) is 0 Å². The molecule has 6 rings (SSSR count). The first-order valence-corrected chi connectivity index (χ1v) is 13.7. The van der Waals surface area contributed by atoms with Crippen LogP contribution in [0.3, 0.4) is 0 Å². The van der Waals surface area contributed by atoms with E-state index in [1.807, 2.05) is 0 Å². The average molecular weight is 555 g/mol. The van der Waals surface area contributed by atoms with Gasteiger partial charge in [-0.05, 0) is 44.0 Å². The monoisotopic (exact) mass is 554 g/mol. The number of pyridine rings is 1. The molecule has 1 aromatic carbocycles. The maximum absolute atomic E-state index is 15.2. The number of H-pyrrole nitrogens is 1. The maximum Gasteiger partial charge on any atom is 0.233 e. The molecule has 4 N–H and O–H groups in total. The summed E-state index contributed by atoms with van der Waals surface area (Å²) in [5.74, 6) is 0.299. The minimum Gasteiger partial charge on any atom is -0.468 e. The summed E-state index contributed by atoms with van der Waals surface area (Å²) in [5.41, 5.74) is 5.88. The van der Waals surface area contributed by atoms with E-state index >= 15 is 4.39 Å². The van der Waals surface area contributed by atoms with Gasteiger partial charge in [-0.25, -0.2) is 37.1 Å². The number of anilines is 2. The number of sulfone groups is 1. The summed E-state index contributed by atoms with van der Waals surface area (Å²) < 4.78 is 59.6. The molecule has 1 fully saturated rings. The number of hydrogen-bond donors (Lipinski definition) is 3. The third-order valence-electron chi connectivity index (χ3n) is 7.52. The molecule has 0 spiro atoms. The van der Waals surface area contributed by atoms with Crippen LogP contribution < -0.4 is 15.8 Å². The normalized spacial score (nSPS) is 25.4. The van der Waals surface area contributed by atoms with Crippen molar-refractivity contribution in [3.05, 3.63) is 66.3 Å². The highest BCUT2D eigenvalue weighted by molar-refractivity contribution is 7.94. The molecular weight excluding hydrogens is 530 g/mol. The van der Waals surface area contributed by atoms with Gasteiger partial charge in [-0.15, -0.1) is 0 Å². The predicted molar refractivity (Wildman–Crippen MR) is 140 cm³/mol. The van der Waals surface area contributed by atoms with Crippen molar-refractivity contribution in [3.63, 3.8) is 0 Å². The van der Waals surface area contributed by atoms with Crippen LogP contribution in [-0.4, -0.2) is 55.8 Å². The number of nitrogens with one attached hydrogen (secondary N) is 2. The Kier molecular flexibility index (Phi) is 5.75. The van der Waals surface area contributed by atoms with Crippen molar-refractivity contribution in [2.45, 2.75) is 41.9 Å². The molecule has 5 heterocycles. The number of benzene rings is 1. The highest BCUT2D eigenvalue weighted by Crippen LogP contribution is 2.52. The van der Waals surface area contributed by atoms with Crippen molar-refractivity contribution in [3.8, 4) is 5.88 Å². The predicted octanol–water partition coefficient (Wildman–Crippen LogP) is 3.08. The Bertz CT molecular complexity index is 1720. The number of halogens is 2. The van der Waals surface area contributed by atoms with Crippen LogP contribution in [0.25, 0.3) is 11.0 Å². The molecule has 3 aromatic heterocycles. The fourth-order valence-electron chi connectivity index (χ4n) is 5.40. The van der Waals surface area contributed by atoms with Gasteiger partial charge in [0.05, 0.1) is 17.0 Å². The molecule has 2 aliphatic heterocycles. The molecule has 1 unspecified atom stereocenters. The summed E-state index contributed by atoms with van der Waals surface area (Å²) >= 11 is 0. The van der Waals surface area contributed by atoms with Crippen LogP contribution in [0.4, 0.5) is 20.3 Å². The number of aliphatic imine (C=N–C) groups is 1. The number of fused-ring (bicyclic) bond motifs is 3. The van der Waals surface area contributed by atoms with Crippen LogP contribution in [0.2, 0.25) is 0 Å². The second-order valence-electron chi connectivity index (χ2n) is 9.72. The summed E-state index contributed by atoms with van der Waals surface area (Å²) in [5, 5.41) is 2.00. The van der Waals surface area contributed by atoms with Crippen LogP contribution in [0.15, 0.2) is 54.0 Å². The first-order valence-electron chi connectivity index (χ1n) is 12.1. The minimum absolute atomic E-state index is 0.00674. The summed E-state index contributed by atoms with van der Waals surface area (Å²) in [6.45, 7) is 0.547. The number of alkyl halides is 1. The van der Waals surface area contributed by atoms with Crippen molar-refractivity contribution >= 4 is 38.2 Å². The first-order chi connectivity index (χ1) is 18.7. The lowest BCUT2D eigenvalue weighted by atomic mass is 9.86. The molecule has 4 aromatic rings. The number of aromatic nitrogens is 5. The molecule has 1 saturated heterocycles. The Hall–Kier alpha value is -4.20. The van der Waals surface area contributed by atoms with E-state index in [4.69, 9.17) is 10.5 Å². The van der Waals surface area contributed by atoms with E-state index in [-0.39, 0.29) is 30.8 Å². The van der Waals surface area contributed by atoms with Crippen molar-refractivity contribution in [2.24, 2.45) is 10.7 Å². The number of ether oxygens (including phenoxy) is 1. The SMILES string of the molecule is C[C@]1(c2cc(Nc3nccc4nc(OCc5ncc[nH]5)cnc34)ccc2F)N=C(N)[C@@]2(CF)CCC1S2(=O)=O. The summed E-state index contributed by atoms with van der Waals surface area (Å²) in [4.78, 5) is 24.7. The van der Waals surface area contributed by atoms with Gasteiger partial charge in [0.1, 0.15) is 41.8 Å². The van der Waals surface area contributed by atoms with Crippen LogP contribution in [0, 0.1) is 5.82 Å². The Labute approximate surface area is 221 Å². The second-order valence-corrected chi connectivity index (χ2v) is 12.2. The van der Waals surface area contributed by atoms with E-state index in [9.17, 15) is 12.8 Å². The van der Waals surface area contributed by atoms with Gasteiger partial charge in [0.15, 0.2) is 20.4 Å². The number of nitrogens with zero attached hydrogens (tertiary/aromatic N) is 5. The van der Waals surface area contributed by atoms with Crippen LogP contribution in [0.1, 0.15) is 31.2 Å². The molecule has 2 aliphatic rings. The Balaban J connectivity index is 1.33. The molecule has 3 atom stereocenters. The first kappa shape index (κ1) is 25.1. The third-order valence-corrected chi connectivity index (χ3v) is 10.6. The zero-order chi connectivity index (χ0) is 27.4. The Morgan fingerprint density at radius 3 is 2.85 bits per heavy atom. The molecule has 39 heavy (non-hydrogen) atoms. The molecule has 0 saturated carbocycles. The fourth-order valence-corrected chi connectivity index (χ4v) is 8.04. The number of rotatable bonds is 7. The number of aromatic amines is 1. The van der Waals surface area contributed by atoms with Gasteiger partial charge < -0.3 is 20.8 Å². The summed E-state index contributed by atoms with van der Waals surface area (Å²) in [7, 11) is -4.05. The topological polar surface area (TPSA) is 161 Å². The molecule has 0 radical (unpaired) electrons. The third kappa shape index (κ3) is 3.80. The van der Waals surface area contributed by atoms with Crippen molar-refractivity contribution in [1.82, 2.24) is 24.9 Å². The number of amidine groups is 1. The number of imidazole rings is 1. The summed E-state index contributed by atoms with van der Waals surface area (Å²) in [6.07, 6.45) is 6.43. The minimum atomic E-state index is -4.05. The lowest BCUT2D eigenvalue weighted by molar-refractivity contribution is 0.285. The maximum atomic E-state index is 15.2. The Morgan fingerprint density at radius 1 is 1.23 bits per heavy atom. The molecule has 0 aliphatic carbocycles. The van der Waals surface area contributed by atoms with Gasteiger partial charge in [-0.3, -0.25) is 4.99 Å². The van der Waals surface area contributed by atoms with E-state index in [0.717, 1.165) is 0 Å². The smallest absolute Gasteiger partial charge is 0.233 e. The van der Waals surface area contributed by atoms with E-state index in [1.165, 1.54) is 37.5 Å². The highest BCUT2D eigenvalue weighted by atomic mass is 32.2. The van der Waals surface area contributed by atoms with E-state index < -0.39 is 37.9 Å². The number of nitrogens with two attached hydrogens (primary N) is 1. The van der Waals surface area contributed by atoms with E-state index in [2.05, 4.69) is 35.2 Å². The highest BCUT2D eigenvalue weighted by Gasteiger charge is 2.65. The van der Waals surface area contributed by atoms with Crippen LogP contribution in [-0.2, 0) is 22.0 Å². The van der Waals surface area contributed by atoms with Gasteiger partial charge in [0.2, 0.25) is 5.88 Å². The van der Waals surface area contributed by atoms with Gasteiger partial charge in [-0.2, -0.15) is 0 Å². The molecular formula is C25H24F2N8O3S. The quantitative estimate of drug-likeness (QED) is 0.312. The fraction of sp³-hybridized carbons (Fsp3) is 0.320. The van der Waals surface area contributed by atoms with E-state index in [0.29, 0.717) is 34.2 Å². The largest absolute Gasteiger partial charge is 0.468 e. The van der Waals surface area contributed by atoms with Gasteiger partial charge >= 0.3 is 0 Å².